The summed E-state index contributed by atoms with van der Waals surface area (Å²) >= 11 is 1.17. The standard InChI is InChI=1S/C13H20N2O3S2/c1-5-6-10(2)13(16)14-9-11-7-8-12(19-11)20(17,18)15(3)4/h6-8H,5,9H2,1-4H3,(H,14,16)/b10-6+. The maximum absolute atomic E-state index is 11.9. The summed E-state index contributed by atoms with van der Waals surface area (Å²) in [6.45, 7) is 4.06. The molecule has 0 aliphatic heterocycles. The van der Waals surface area contributed by atoms with Crippen molar-refractivity contribution >= 4 is 27.3 Å². The predicted molar refractivity (Wildman–Crippen MR) is 81.1 cm³/mol. The summed E-state index contributed by atoms with van der Waals surface area (Å²) in [5, 5.41) is 2.77. The van der Waals surface area contributed by atoms with E-state index in [1.807, 2.05) is 13.0 Å². The summed E-state index contributed by atoms with van der Waals surface area (Å²) < 4.78 is 25.3. The number of carbonyl (C=O) groups excluding carboxylic acids is 1. The molecule has 7 heteroatoms. The Balaban J connectivity index is 2.71. The second-order valence-corrected chi connectivity index (χ2v) is 8.03. The summed E-state index contributed by atoms with van der Waals surface area (Å²) in [6.07, 6.45) is 2.66. The van der Waals surface area contributed by atoms with E-state index >= 15 is 0 Å². The van der Waals surface area contributed by atoms with Crippen molar-refractivity contribution in [2.75, 3.05) is 14.1 Å². The highest BCUT2D eigenvalue weighted by Crippen LogP contribution is 2.23. The van der Waals surface area contributed by atoms with Crippen molar-refractivity contribution in [1.82, 2.24) is 9.62 Å². The van der Waals surface area contributed by atoms with Gasteiger partial charge in [-0.3, -0.25) is 4.79 Å². The lowest BCUT2D eigenvalue weighted by Crippen LogP contribution is -2.23. The quantitative estimate of drug-likeness (QED) is 0.816. The van der Waals surface area contributed by atoms with Crippen LogP contribution in [0.3, 0.4) is 0 Å². The molecule has 112 valence electrons. The number of nitrogens with one attached hydrogen (secondary N) is 1. The number of rotatable bonds is 6. The minimum atomic E-state index is -3.39. The van der Waals surface area contributed by atoms with E-state index < -0.39 is 10.0 Å². The molecule has 0 saturated heterocycles. The van der Waals surface area contributed by atoms with Crippen molar-refractivity contribution < 1.29 is 13.2 Å². The van der Waals surface area contributed by atoms with Gasteiger partial charge >= 0.3 is 0 Å². The van der Waals surface area contributed by atoms with E-state index in [9.17, 15) is 13.2 Å². The molecule has 0 saturated carbocycles. The van der Waals surface area contributed by atoms with Crippen LogP contribution in [0.5, 0.6) is 0 Å². The summed E-state index contributed by atoms with van der Waals surface area (Å²) in [5.41, 5.74) is 0.671. The van der Waals surface area contributed by atoms with Crippen molar-refractivity contribution in [2.45, 2.75) is 31.0 Å². The number of thiophene rings is 1. The highest BCUT2D eigenvalue weighted by Gasteiger charge is 2.19. The van der Waals surface area contributed by atoms with E-state index in [1.165, 1.54) is 29.7 Å². The van der Waals surface area contributed by atoms with Gasteiger partial charge in [0, 0.05) is 24.5 Å². The first kappa shape index (κ1) is 16.9. The van der Waals surface area contributed by atoms with E-state index in [0.29, 0.717) is 12.1 Å². The molecule has 0 aromatic carbocycles. The van der Waals surface area contributed by atoms with Crippen LogP contribution < -0.4 is 5.32 Å². The Morgan fingerprint density at radius 3 is 2.60 bits per heavy atom. The van der Waals surface area contributed by atoms with Crippen molar-refractivity contribution in [3.05, 3.63) is 28.7 Å². The number of nitrogens with zero attached hydrogens (tertiary/aromatic N) is 1. The summed E-state index contributed by atoms with van der Waals surface area (Å²) in [7, 11) is -0.401. The molecule has 20 heavy (non-hydrogen) atoms. The Morgan fingerprint density at radius 2 is 2.05 bits per heavy atom. The smallest absolute Gasteiger partial charge is 0.252 e. The van der Waals surface area contributed by atoms with Gasteiger partial charge in [-0.05, 0) is 25.5 Å². The van der Waals surface area contributed by atoms with E-state index in [2.05, 4.69) is 5.32 Å². The highest BCUT2D eigenvalue weighted by atomic mass is 32.2. The molecule has 1 heterocycles. The van der Waals surface area contributed by atoms with Crippen LogP contribution >= 0.6 is 11.3 Å². The first-order chi connectivity index (χ1) is 9.28. The van der Waals surface area contributed by atoms with Gasteiger partial charge < -0.3 is 5.32 Å². The first-order valence-electron chi connectivity index (χ1n) is 6.25. The molecular formula is C13H20N2O3S2. The predicted octanol–water partition coefficient (Wildman–Crippen LogP) is 1.97. The van der Waals surface area contributed by atoms with Crippen molar-refractivity contribution in [1.29, 1.82) is 0 Å². The number of allylic oxidation sites excluding steroid dienone is 1. The number of hydrogen-bond acceptors (Lipinski definition) is 4. The zero-order valence-corrected chi connectivity index (χ0v) is 13.8. The lowest BCUT2D eigenvalue weighted by molar-refractivity contribution is -0.117. The molecule has 0 atom stereocenters. The Morgan fingerprint density at radius 1 is 1.40 bits per heavy atom. The Labute approximate surface area is 124 Å². The van der Waals surface area contributed by atoms with Gasteiger partial charge in [-0.15, -0.1) is 11.3 Å². The van der Waals surface area contributed by atoms with Crippen LogP contribution in [0.2, 0.25) is 0 Å². The van der Waals surface area contributed by atoms with Gasteiger partial charge in [0.05, 0.1) is 6.54 Å². The normalized spacial score (nSPS) is 12.8. The third-order valence-corrected chi connectivity index (χ3v) is 6.03. The molecule has 1 N–H and O–H groups in total. The molecule has 1 rings (SSSR count). The van der Waals surface area contributed by atoms with Crippen LogP contribution in [-0.4, -0.2) is 32.7 Å². The molecule has 5 nitrogen and oxygen atoms in total. The minimum absolute atomic E-state index is 0.128. The number of sulfonamides is 1. The third-order valence-electron chi connectivity index (χ3n) is 2.66. The van der Waals surface area contributed by atoms with Crippen LogP contribution in [0.15, 0.2) is 28.0 Å². The molecule has 0 unspecified atom stereocenters. The van der Waals surface area contributed by atoms with Gasteiger partial charge in [0.15, 0.2) is 0 Å². The van der Waals surface area contributed by atoms with Gasteiger partial charge in [0.2, 0.25) is 5.91 Å². The topological polar surface area (TPSA) is 66.5 Å². The maximum atomic E-state index is 11.9. The second kappa shape index (κ2) is 7.01. The fourth-order valence-electron chi connectivity index (χ4n) is 1.48. The molecule has 1 amide bonds. The van der Waals surface area contributed by atoms with E-state index in [1.54, 1.807) is 19.1 Å². The number of amides is 1. The van der Waals surface area contributed by atoms with Crippen LogP contribution in [0.1, 0.15) is 25.1 Å². The summed E-state index contributed by atoms with van der Waals surface area (Å²) in [6, 6.07) is 3.29. The largest absolute Gasteiger partial charge is 0.347 e. The lowest BCUT2D eigenvalue weighted by atomic mass is 10.2. The molecule has 0 aliphatic carbocycles. The fraction of sp³-hybridized carbons (Fsp3) is 0.462. The average molecular weight is 316 g/mol. The minimum Gasteiger partial charge on any atom is -0.347 e. The maximum Gasteiger partial charge on any atom is 0.252 e. The van der Waals surface area contributed by atoms with Gasteiger partial charge in [-0.2, -0.15) is 0 Å². The van der Waals surface area contributed by atoms with Gasteiger partial charge in [0.25, 0.3) is 10.0 Å². The number of carbonyl (C=O) groups is 1. The highest BCUT2D eigenvalue weighted by molar-refractivity contribution is 7.91. The van der Waals surface area contributed by atoms with Gasteiger partial charge in [0.1, 0.15) is 4.21 Å². The zero-order chi connectivity index (χ0) is 15.3. The van der Waals surface area contributed by atoms with Crippen LogP contribution in [0, 0.1) is 0 Å². The zero-order valence-electron chi connectivity index (χ0n) is 12.1. The monoisotopic (exact) mass is 316 g/mol. The average Bonchev–Trinajstić information content (AvgIpc) is 2.85. The lowest BCUT2D eigenvalue weighted by Gasteiger charge is -2.08. The molecular weight excluding hydrogens is 296 g/mol. The molecule has 0 radical (unpaired) electrons. The molecule has 0 spiro atoms. The van der Waals surface area contributed by atoms with E-state index in [-0.39, 0.29) is 10.1 Å². The van der Waals surface area contributed by atoms with Crippen molar-refractivity contribution in [3.8, 4) is 0 Å². The molecule has 1 aromatic rings. The van der Waals surface area contributed by atoms with E-state index in [0.717, 1.165) is 11.3 Å². The van der Waals surface area contributed by atoms with Crippen molar-refractivity contribution in [3.63, 3.8) is 0 Å². The molecule has 1 aromatic heterocycles. The van der Waals surface area contributed by atoms with E-state index in [4.69, 9.17) is 0 Å². The second-order valence-electron chi connectivity index (χ2n) is 4.49. The molecule has 0 bridgehead atoms. The van der Waals surface area contributed by atoms with Crippen LogP contribution in [0.25, 0.3) is 0 Å². The Bertz CT molecular complexity index is 601. The van der Waals surface area contributed by atoms with Crippen LogP contribution in [0.4, 0.5) is 0 Å². The SMILES string of the molecule is CC/C=C(\C)C(=O)NCc1ccc(S(=O)(=O)N(C)C)s1. The summed E-state index contributed by atoms with van der Waals surface area (Å²) in [4.78, 5) is 12.5. The Kier molecular flexibility index (Phi) is 5.91. The van der Waals surface area contributed by atoms with Gasteiger partial charge in [-0.25, -0.2) is 12.7 Å². The van der Waals surface area contributed by atoms with Gasteiger partial charge in [-0.1, -0.05) is 13.0 Å². The fourth-order valence-corrected chi connectivity index (χ4v) is 3.94. The molecule has 0 fully saturated rings. The van der Waals surface area contributed by atoms with Crippen molar-refractivity contribution in [2.24, 2.45) is 0 Å². The number of hydrogen-bond donors (Lipinski definition) is 1. The first-order valence-corrected chi connectivity index (χ1v) is 8.51. The molecule has 0 aliphatic rings. The Hall–Kier alpha value is -1.18. The third kappa shape index (κ3) is 4.16. The van der Waals surface area contributed by atoms with Crippen LogP contribution in [-0.2, 0) is 21.4 Å². The summed E-state index contributed by atoms with van der Waals surface area (Å²) in [5.74, 6) is -0.128.